The zero-order chi connectivity index (χ0) is 28.8. The zero-order valence-corrected chi connectivity index (χ0v) is 21.0. The van der Waals surface area contributed by atoms with Gasteiger partial charge in [-0.05, 0) is 24.1 Å². The van der Waals surface area contributed by atoms with Crippen molar-refractivity contribution in [3.8, 4) is 0 Å². The lowest BCUT2D eigenvalue weighted by molar-refractivity contribution is -0.146. The van der Waals surface area contributed by atoms with Gasteiger partial charge in [0.2, 0.25) is 5.91 Å². The molecule has 0 bridgehead atoms. The van der Waals surface area contributed by atoms with E-state index in [1.165, 1.54) is 0 Å². The van der Waals surface area contributed by atoms with Crippen molar-refractivity contribution in [3.05, 3.63) is 29.8 Å². The van der Waals surface area contributed by atoms with Crippen LogP contribution in [0.3, 0.4) is 0 Å². The summed E-state index contributed by atoms with van der Waals surface area (Å²) in [4.78, 5) is 70.1. The van der Waals surface area contributed by atoms with Gasteiger partial charge >= 0.3 is 29.8 Å². The third-order valence-electron chi connectivity index (χ3n) is 4.94. The number of nitrogens with one attached hydrogen (secondary N) is 1. The second kappa shape index (κ2) is 16.2. The molecule has 1 amide bonds. The lowest BCUT2D eigenvalue weighted by atomic mass is 10.0. The Bertz CT molecular complexity index is 974. The first-order valence-electron chi connectivity index (χ1n) is 11.0. The molecule has 0 aliphatic carbocycles. The van der Waals surface area contributed by atoms with Crippen molar-refractivity contribution in [2.24, 2.45) is 5.73 Å². The molecule has 0 radical (unpaired) electrons. The minimum atomic E-state index is -1.32. The molecule has 0 fully saturated rings. The molecular formula is C22H30N4O11S. The molecule has 15 nitrogen and oxygen atoms in total. The van der Waals surface area contributed by atoms with Crippen LogP contribution in [0.25, 0.3) is 0 Å². The zero-order valence-electron chi connectivity index (χ0n) is 20.2. The SMILES string of the molecule is NC(CSCC(=O)Nc1ccc(CC(CN(CC(=O)O)CC(=O)O)N(CC(=O)O)CC(=O)O)cc1)C(=O)O. The predicted octanol–water partition coefficient (Wildman–Crippen LogP) is -1.38. The summed E-state index contributed by atoms with van der Waals surface area (Å²) in [6, 6.07) is 4.30. The summed E-state index contributed by atoms with van der Waals surface area (Å²) in [5.74, 6) is -6.82. The summed E-state index contributed by atoms with van der Waals surface area (Å²) in [6.45, 7) is -2.91. The Morgan fingerprint density at radius 1 is 0.816 bits per heavy atom. The summed E-state index contributed by atoms with van der Waals surface area (Å²) >= 11 is 1.05. The maximum Gasteiger partial charge on any atom is 0.321 e. The number of nitrogens with two attached hydrogens (primary N) is 1. The first kappa shape index (κ1) is 32.3. The fourth-order valence-corrected chi connectivity index (χ4v) is 4.15. The van der Waals surface area contributed by atoms with Crippen molar-refractivity contribution >= 4 is 53.2 Å². The van der Waals surface area contributed by atoms with E-state index in [1.54, 1.807) is 24.3 Å². The molecule has 210 valence electrons. The molecule has 0 aromatic heterocycles. The Morgan fingerprint density at radius 3 is 1.76 bits per heavy atom. The van der Waals surface area contributed by atoms with Gasteiger partial charge in [0, 0.05) is 24.0 Å². The molecule has 1 rings (SSSR count). The Kier molecular flexibility index (Phi) is 13.8. The number of thioether (sulfide) groups is 1. The molecule has 0 spiro atoms. The highest BCUT2D eigenvalue weighted by atomic mass is 32.2. The number of carboxylic acids is 5. The first-order valence-corrected chi connectivity index (χ1v) is 12.2. The van der Waals surface area contributed by atoms with Crippen molar-refractivity contribution in [1.29, 1.82) is 0 Å². The summed E-state index contributed by atoms with van der Waals surface area (Å²) < 4.78 is 0. The van der Waals surface area contributed by atoms with Gasteiger partial charge in [-0.25, -0.2) is 0 Å². The number of anilines is 1. The molecule has 2 atom stereocenters. The molecule has 0 aliphatic rings. The number of nitrogens with zero attached hydrogens (tertiary/aromatic N) is 2. The summed E-state index contributed by atoms with van der Waals surface area (Å²) in [6.07, 6.45) is 0.0491. The third-order valence-corrected chi connectivity index (χ3v) is 6.00. The Labute approximate surface area is 221 Å². The Morgan fingerprint density at radius 2 is 1.32 bits per heavy atom. The molecule has 0 aliphatic heterocycles. The van der Waals surface area contributed by atoms with Crippen LogP contribution in [0.4, 0.5) is 5.69 Å². The van der Waals surface area contributed by atoms with Gasteiger partial charge < -0.3 is 36.6 Å². The topological polar surface area (TPSA) is 248 Å². The smallest absolute Gasteiger partial charge is 0.321 e. The van der Waals surface area contributed by atoms with Crippen LogP contribution in [0.2, 0.25) is 0 Å². The molecule has 8 N–H and O–H groups in total. The second-order valence-corrected chi connectivity index (χ2v) is 9.24. The van der Waals surface area contributed by atoms with Gasteiger partial charge in [0.05, 0.1) is 31.9 Å². The number of amides is 1. The highest BCUT2D eigenvalue weighted by Gasteiger charge is 2.27. The molecule has 38 heavy (non-hydrogen) atoms. The van der Waals surface area contributed by atoms with Crippen LogP contribution in [0.1, 0.15) is 5.56 Å². The number of hydrogen-bond donors (Lipinski definition) is 7. The van der Waals surface area contributed by atoms with E-state index in [0.717, 1.165) is 21.6 Å². The van der Waals surface area contributed by atoms with Crippen LogP contribution >= 0.6 is 11.8 Å². The number of hydrogen-bond acceptors (Lipinski definition) is 10. The van der Waals surface area contributed by atoms with Gasteiger partial charge in [-0.15, -0.1) is 11.8 Å². The second-order valence-electron chi connectivity index (χ2n) is 8.21. The Balaban J connectivity index is 3.00. The van der Waals surface area contributed by atoms with Gasteiger partial charge in [-0.1, -0.05) is 12.1 Å². The van der Waals surface area contributed by atoms with Crippen LogP contribution in [0, 0.1) is 0 Å². The van der Waals surface area contributed by atoms with Crippen LogP contribution in [-0.2, 0) is 35.2 Å². The lowest BCUT2D eigenvalue weighted by Crippen LogP contribution is -2.50. The average molecular weight is 559 g/mol. The molecule has 16 heteroatoms. The van der Waals surface area contributed by atoms with Crippen molar-refractivity contribution in [2.75, 3.05) is 49.5 Å². The molecule has 1 aromatic carbocycles. The summed E-state index contributed by atoms with van der Waals surface area (Å²) in [5.41, 5.74) is 6.37. The van der Waals surface area contributed by atoms with Gasteiger partial charge in [0.15, 0.2) is 0 Å². The Hall–Kier alpha value is -3.73. The van der Waals surface area contributed by atoms with Crippen molar-refractivity contribution in [1.82, 2.24) is 9.80 Å². The minimum absolute atomic E-state index is 0.0346. The van der Waals surface area contributed by atoms with Crippen LogP contribution < -0.4 is 11.1 Å². The maximum atomic E-state index is 12.1. The summed E-state index contributed by atoms with van der Waals surface area (Å²) in [7, 11) is 0. The van der Waals surface area contributed by atoms with Gasteiger partial charge in [-0.3, -0.25) is 38.6 Å². The van der Waals surface area contributed by atoms with Crippen LogP contribution in [0.5, 0.6) is 0 Å². The van der Waals surface area contributed by atoms with E-state index in [9.17, 15) is 39.0 Å². The normalized spacial score (nSPS) is 12.6. The molecule has 2 unspecified atom stereocenters. The van der Waals surface area contributed by atoms with E-state index < -0.39 is 74.0 Å². The molecule has 1 aromatic rings. The number of carboxylic acid groups (broad SMARTS) is 5. The number of carbonyl (C=O) groups excluding carboxylic acids is 1. The van der Waals surface area contributed by atoms with Crippen LogP contribution in [0.15, 0.2) is 24.3 Å². The first-order chi connectivity index (χ1) is 17.8. The van der Waals surface area contributed by atoms with Crippen molar-refractivity contribution < 1.29 is 54.3 Å². The number of benzene rings is 1. The average Bonchev–Trinajstić information content (AvgIpc) is 2.77. The predicted molar refractivity (Wildman–Crippen MR) is 134 cm³/mol. The molecular weight excluding hydrogens is 528 g/mol. The van der Waals surface area contributed by atoms with Gasteiger partial charge in [-0.2, -0.15) is 0 Å². The monoisotopic (exact) mass is 558 g/mol. The molecule has 0 saturated carbocycles. The van der Waals surface area contributed by atoms with Gasteiger partial charge in [0.1, 0.15) is 6.04 Å². The largest absolute Gasteiger partial charge is 0.480 e. The van der Waals surface area contributed by atoms with E-state index in [-0.39, 0.29) is 24.5 Å². The quantitative estimate of drug-likeness (QED) is 0.103. The van der Waals surface area contributed by atoms with E-state index in [1.807, 2.05) is 0 Å². The maximum absolute atomic E-state index is 12.1. The third kappa shape index (κ3) is 13.5. The lowest BCUT2D eigenvalue weighted by Gasteiger charge is -2.33. The van der Waals surface area contributed by atoms with Crippen molar-refractivity contribution in [3.63, 3.8) is 0 Å². The van der Waals surface area contributed by atoms with Gasteiger partial charge in [0.25, 0.3) is 0 Å². The van der Waals surface area contributed by atoms with Crippen molar-refractivity contribution in [2.45, 2.75) is 18.5 Å². The highest BCUT2D eigenvalue weighted by molar-refractivity contribution is 8.00. The highest BCUT2D eigenvalue weighted by Crippen LogP contribution is 2.16. The number of carbonyl (C=O) groups is 6. The molecule has 0 heterocycles. The van der Waals surface area contributed by atoms with Crippen LogP contribution in [-0.4, -0.2) is 127 Å². The summed E-state index contributed by atoms with van der Waals surface area (Å²) in [5, 5.41) is 48.2. The van der Waals surface area contributed by atoms with E-state index >= 15 is 0 Å². The van der Waals surface area contributed by atoms with E-state index in [4.69, 9.17) is 21.1 Å². The standard InChI is InChI=1S/C22H30N4O11S/c23-16(22(36)37)11-38-12-17(27)24-14-3-1-13(2-4-14)5-15(26(9-20(32)33)10-21(34)35)6-25(7-18(28)29)8-19(30)31/h1-4,15-16H,5-12,23H2,(H,24,27)(H,28,29)(H,30,31)(H,32,33)(H,34,35)(H,36,37). The molecule has 0 saturated heterocycles. The van der Waals surface area contributed by atoms with E-state index in [2.05, 4.69) is 5.32 Å². The van der Waals surface area contributed by atoms with E-state index in [0.29, 0.717) is 11.3 Å². The number of aliphatic carboxylic acids is 5. The fourth-order valence-electron chi connectivity index (χ4n) is 3.38. The minimum Gasteiger partial charge on any atom is -0.480 e. The number of rotatable bonds is 19. The fraction of sp³-hybridized carbons (Fsp3) is 0.455.